The first-order valence-corrected chi connectivity index (χ1v) is 7.54. The first kappa shape index (κ1) is 11.8. The van der Waals surface area contributed by atoms with E-state index in [0.29, 0.717) is 4.21 Å². The molecule has 0 amide bonds. The molecule has 1 aromatic rings. The Labute approximate surface area is 92.0 Å². The topological polar surface area (TPSA) is 73.0 Å². The molecule has 0 saturated heterocycles. The summed E-state index contributed by atoms with van der Waals surface area (Å²) in [5.74, 6) is 1.01. The molecule has 0 aliphatic heterocycles. The molecule has 1 aromatic heterocycles. The van der Waals surface area contributed by atoms with Gasteiger partial charge in [0.25, 0.3) is 0 Å². The van der Waals surface area contributed by atoms with Gasteiger partial charge in [0.1, 0.15) is 9.10 Å². The smallest absolute Gasteiger partial charge is 0.183 e. The third kappa shape index (κ3) is 2.21. The highest BCUT2D eigenvalue weighted by Gasteiger charge is 2.23. The van der Waals surface area contributed by atoms with E-state index in [2.05, 4.69) is 4.37 Å². The van der Waals surface area contributed by atoms with Crippen LogP contribution in [0.1, 0.15) is 13.8 Å². The molecule has 0 aliphatic rings. The van der Waals surface area contributed by atoms with E-state index in [-0.39, 0.29) is 16.5 Å². The zero-order chi connectivity index (χ0) is 10.8. The van der Waals surface area contributed by atoms with Crippen LogP contribution in [-0.4, -0.2) is 24.3 Å². The standard InChI is InChI=1S/C7H12N2O2S3/c1-3-12-7-5(6(8)9-13-7)14(10,11)4-2/h3-4H2,1-2H3,(H2,8,9). The van der Waals surface area contributed by atoms with Crippen LogP contribution in [0, 0.1) is 0 Å². The van der Waals surface area contributed by atoms with Crippen molar-refractivity contribution in [2.24, 2.45) is 0 Å². The third-order valence-electron chi connectivity index (χ3n) is 1.61. The molecule has 0 spiro atoms. The number of anilines is 1. The average Bonchev–Trinajstić information content (AvgIpc) is 2.48. The highest BCUT2D eigenvalue weighted by atomic mass is 32.2. The molecule has 0 aromatic carbocycles. The van der Waals surface area contributed by atoms with E-state index in [9.17, 15) is 8.42 Å². The van der Waals surface area contributed by atoms with Gasteiger partial charge in [0.2, 0.25) is 0 Å². The van der Waals surface area contributed by atoms with Crippen LogP contribution >= 0.6 is 23.3 Å². The van der Waals surface area contributed by atoms with Crippen LogP contribution in [0.3, 0.4) is 0 Å². The Hall–Kier alpha value is -0.270. The van der Waals surface area contributed by atoms with E-state index in [1.54, 1.807) is 6.92 Å². The maximum atomic E-state index is 11.7. The molecule has 14 heavy (non-hydrogen) atoms. The predicted octanol–water partition coefficient (Wildman–Crippen LogP) is 1.63. The van der Waals surface area contributed by atoms with Crippen LogP contribution in [0.15, 0.2) is 9.10 Å². The van der Waals surface area contributed by atoms with Crippen LogP contribution in [0.4, 0.5) is 5.82 Å². The van der Waals surface area contributed by atoms with E-state index in [1.165, 1.54) is 11.8 Å². The third-order valence-corrected chi connectivity index (χ3v) is 5.66. The summed E-state index contributed by atoms with van der Waals surface area (Å²) >= 11 is 2.61. The summed E-state index contributed by atoms with van der Waals surface area (Å²) in [6.45, 7) is 3.57. The Bertz CT molecular complexity index is 411. The molecule has 7 heteroatoms. The molecule has 2 N–H and O–H groups in total. The van der Waals surface area contributed by atoms with Crippen LogP contribution in [0.5, 0.6) is 0 Å². The number of nitrogens with two attached hydrogens (primary N) is 1. The minimum Gasteiger partial charge on any atom is -0.382 e. The molecule has 80 valence electrons. The normalized spacial score (nSPS) is 11.9. The highest BCUT2D eigenvalue weighted by Crippen LogP contribution is 2.35. The first-order chi connectivity index (χ1) is 6.53. The number of rotatable bonds is 4. The zero-order valence-electron chi connectivity index (χ0n) is 7.98. The number of nitrogen functional groups attached to an aromatic ring is 1. The molecule has 0 atom stereocenters. The fourth-order valence-corrected chi connectivity index (χ4v) is 4.58. The fraction of sp³-hybridized carbons (Fsp3) is 0.571. The van der Waals surface area contributed by atoms with E-state index in [0.717, 1.165) is 17.3 Å². The van der Waals surface area contributed by atoms with Gasteiger partial charge in [0.05, 0.1) is 5.75 Å². The first-order valence-electron chi connectivity index (χ1n) is 4.13. The van der Waals surface area contributed by atoms with E-state index in [1.807, 2.05) is 6.92 Å². The van der Waals surface area contributed by atoms with Gasteiger partial charge in [-0.15, -0.1) is 11.8 Å². The number of nitrogens with zero attached hydrogens (tertiary/aromatic N) is 1. The molecular weight excluding hydrogens is 240 g/mol. The van der Waals surface area contributed by atoms with Gasteiger partial charge >= 0.3 is 0 Å². The molecule has 0 bridgehead atoms. The van der Waals surface area contributed by atoms with Gasteiger partial charge < -0.3 is 5.73 Å². The van der Waals surface area contributed by atoms with Gasteiger partial charge in [-0.05, 0) is 17.3 Å². The van der Waals surface area contributed by atoms with Gasteiger partial charge in [-0.1, -0.05) is 13.8 Å². The van der Waals surface area contributed by atoms with Crippen molar-refractivity contribution in [3.8, 4) is 0 Å². The summed E-state index contributed by atoms with van der Waals surface area (Å²) in [5, 5.41) is 0. The Morgan fingerprint density at radius 2 is 2.14 bits per heavy atom. The number of aromatic nitrogens is 1. The number of hydrogen-bond donors (Lipinski definition) is 1. The number of hydrogen-bond acceptors (Lipinski definition) is 6. The fourth-order valence-electron chi connectivity index (χ4n) is 0.932. The lowest BCUT2D eigenvalue weighted by molar-refractivity contribution is 0.596. The van der Waals surface area contributed by atoms with Crippen molar-refractivity contribution in [3.63, 3.8) is 0 Å². The molecular formula is C7H12N2O2S3. The Morgan fingerprint density at radius 1 is 1.50 bits per heavy atom. The summed E-state index contributed by atoms with van der Waals surface area (Å²) < 4.78 is 27.9. The predicted molar refractivity (Wildman–Crippen MR) is 60.7 cm³/mol. The Kier molecular flexibility index (Phi) is 3.79. The summed E-state index contributed by atoms with van der Waals surface area (Å²) in [6, 6.07) is 0. The van der Waals surface area contributed by atoms with Crippen LogP contribution in [0.25, 0.3) is 0 Å². The van der Waals surface area contributed by atoms with Gasteiger partial charge in [-0.25, -0.2) is 8.42 Å². The van der Waals surface area contributed by atoms with Crippen molar-refractivity contribution in [1.29, 1.82) is 0 Å². The van der Waals surface area contributed by atoms with Crippen LogP contribution < -0.4 is 5.73 Å². The van der Waals surface area contributed by atoms with Gasteiger partial charge in [-0.3, -0.25) is 0 Å². The van der Waals surface area contributed by atoms with Gasteiger partial charge in [0, 0.05) is 0 Å². The molecule has 0 saturated carbocycles. The van der Waals surface area contributed by atoms with Crippen molar-refractivity contribution in [3.05, 3.63) is 0 Å². The zero-order valence-corrected chi connectivity index (χ0v) is 10.4. The van der Waals surface area contributed by atoms with E-state index >= 15 is 0 Å². The quantitative estimate of drug-likeness (QED) is 0.825. The van der Waals surface area contributed by atoms with Crippen molar-refractivity contribution in [2.45, 2.75) is 23.0 Å². The molecule has 1 heterocycles. The SMILES string of the molecule is CCSc1snc(N)c1S(=O)(=O)CC. The molecule has 1 rings (SSSR count). The number of sulfone groups is 1. The Balaban J connectivity index is 3.24. The minimum atomic E-state index is -3.24. The van der Waals surface area contributed by atoms with Crippen LogP contribution in [-0.2, 0) is 9.84 Å². The molecule has 0 fully saturated rings. The van der Waals surface area contributed by atoms with E-state index < -0.39 is 9.84 Å². The van der Waals surface area contributed by atoms with Gasteiger partial charge in [0.15, 0.2) is 15.7 Å². The molecule has 4 nitrogen and oxygen atoms in total. The summed E-state index contributed by atoms with van der Waals surface area (Å²) in [4.78, 5) is 0.219. The van der Waals surface area contributed by atoms with Gasteiger partial charge in [-0.2, -0.15) is 4.37 Å². The second kappa shape index (κ2) is 4.50. The maximum Gasteiger partial charge on any atom is 0.183 e. The summed E-state index contributed by atoms with van der Waals surface area (Å²) in [6.07, 6.45) is 0. The van der Waals surface area contributed by atoms with Crippen molar-refractivity contribution >= 4 is 38.9 Å². The second-order valence-electron chi connectivity index (χ2n) is 2.52. The molecule has 0 radical (unpaired) electrons. The van der Waals surface area contributed by atoms with Crippen molar-refractivity contribution in [2.75, 3.05) is 17.2 Å². The van der Waals surface area contributed by atoms with E-state index in [4.69, 9.17) is 5.73 Å². The van der Waals surface area contributed by atoms with Crippen LogP contribution in [0.2, 0.25) is 0 Å². The molecule has 0 unspecified atom stereocenters. The maximum absolute atomic E-state index is 11.7. The number of thioether (sulfide) groups is 1. The average molecular weight is 252 g/mol. The monoisotopic (exact) mass is 252 g/mol. The second-order valence-corrected chi connectivity index (χ2v) is 7.04. The lowest BCUT2D eigenvalue weighted by atomic mass is 10.7. The van der Waals surface area contributed by atoms with Crippen molar-refractivity contribution < 1.29 is 8.42 Å². The largest absolute Gasteiger partial charge is 0.382 e. The lowest BCUT2D eigenvalue weighted by Crippen LogP contribution is -2.06. The minimum absolute atomic E-state index is 0.0624. The van der Waals surface area contributed by atoms with Crippen molar-refractivity contribution in [1.82, 2.24) is 4.37 Å². The molecule has 0 aliphatic carbocycles. The highest BCUT2D eigenvalue weighted by molar-refractivity contribution is 8.02. The lowest BCUT2D eigenvalue weighted by Gasteiger charge is -2.01. The Morgan fingerprint density at radius 3 is 2.64 bits per heavy atom. The summed E-state index contributed by atoms with van der Waals surface area (Å²) in [7, 11) is -3.24. The summed E-state index contributed by atoms with van der Waals surface area (Å²) in [5.41, 5.74) is 5.54.